The van der Waals surface area contributed by atoms with Crippen molar-refractivity contribution in [2.75, 3.05) is 26.2 Å². The number of benzene rings is 1. The highest BCUT2D eigenvalue weighted by atomic mass is 35.5. The molecule has 1 atom stereocenters. The molecule has 0 radical (unpaired) electrons. The maximum Gasteiger partial charge on any atom is 0.0406 e. The highest BCUT2D eigenvalue weighted by molar-refractivity contribution is 6.30. The van der Waals surface area contributed by atoms with Gasteiger partial charge in [0, 0.05) is 37.2 Å². The third kappa shape index (κ3) is 2.61. The van der Waals surface area contributed by atoms with E-state index in [9.17, 15) is 0 Å². The maximum absolute atomic E-state index is 5.93. The molecular weight excluding hydrogens is 244 g/mol. The van der Waals surface area contributed by atoms with Gasteiger partial charge in [-0.15, -0.1) is 0 Å². The Kier molecular flexibility index (Phi) is 3.69. The van der Waals surface area contributed by atoms with Crippen molar-refractivity contribution in [2.24, 2.45) is 0 Å². The van der Waals surface area contributed by atoms with E-state index in [1.807, 2.05) is 12.1 Å². The molecule has 0 bridgehead atoms. The normalized spacial score (nSPS) is 25.2. The molecule has 2 aliphatic rings. The van der Waals surface area contributed by atoms with Crippen molar-refractivity contribution in [3.05, 3.63) is 40.9 Å². The van der Waals surface area contributed by atoms with E-state index in [1.54, 1.807) is 0 Å². The molecule has 0 aromatic heterocycles. The van der Waals surface area contributed by atoms with Crippen LogP contribution in [0.25, 0.3) is 5.57 Å². The minimum absolute atomic E-state index is 0.637. The molecule has 1 aromatic carbocycles. The Morgan fingerprint density at radius 2 is 1.83 bits per heavy atom. The summed E-state index contributed by atoms with van der Waals surface area (Å²) in [7, 11) is 0. The van der Waals surface area contributed by atoms with Crippen LogP contribution in [0, 0.1) is 0 Å². The summed E-state index contributed by atoms with van der Waals surface area (Å²) in [4.78, 5) is 2.60. The number of piperazine rings is 1. The fourth-order valence-electron chi connectivity index (χ4n) is 2.91. The van der Waals surface area contributed by atoms with Crippen molar-refractivity contribution in [1.29, 1.82) is 0 Å². The minimum Gasteiger partial charge on any atom is -0.314 e. The molecule has 0 saturated carbocycles. The standard InChI is InChI=1S/C15H19ClN2/c16-14-4-1-12(2-5-14)13-3-6-15(11-13)18-9-7-17-8-10-18/h1-2,4-5,11,15,17H,3,6-10H2. The number of halogens is 1. The van der Waals surface area contributed by atoms with Crippen LogP contribution in [0.15, 0.2) is 30.3 Å². The quantitative estimate of drug-likeness (QED) is 0.882. The van der Waals surface area contributed by atoms with Gasteiger partial charge in [-0.2, -0.15) is 0 Å². The number of hydrogen-bond donors (Lipinski definition) is 1. The first-order chi connectivity index (χ1) is 8.83. The summed E-state index contributed by atoms with van der Waals surface area (Å²) in [6, 6.07) is 8.87. The lowest BCUT2D eigenvalue weighted by Crippen LogP contribution is -2.47. The van der Waals surface area contributed by atoms with Crippen molar-refractivity contribution in [3.8, 4) is 0 Å². The van der Waals surface area contributed by atoms with Gasteiger partial charge in [-0.05, 0) is 36.1 Å². The summed E-state index contributed by atoms with van der Waals surface area (Å²) in [5.74, 6) is 0. The van der Waals surface area contributed by atoms with Crippen LogP contribution in [-0.4, -0.2) is 37.1 Å². The van der Waals surface area contributed by atoms with Crippen LogP contribution in [0.3, 0.4) is 0 Å². The summed E-state index contributed by atoms with van der Waals surface area (Å²) in [5, 5.41) is 4.23. The molecule has 18 heavy (non-hydrogen) atoms. The molecule has 2 nitrogen and oxygen atoms in total. The molecule has 1 N–H and O–H groups in total. The molecule has 3 heteroatoms. The summed E-state index contributed by atoms with van der Waals surface area (Å²) < 4.78 is 0. The molecule has 1 unspecified atom stereocenters. The highest BCUT2D eigenvalue weighted by Gasteiger charge is 2.23. The molecule has 96 valence electrons. The van der Waals surface area contributed by atoms with Crippen LogP contribution < -0.4 is 5.32 Å². The monoisotopic (exact) mass is 262 g/mol. The molecule has 0 amide bonds. The average molecular weight is 263 g/mol. The van der Waals surface area contributed by atoms with Gasteiger partial charge in [-0.1, -0.05) is 29.8 Å². The lowest BCUT2D eigenvalue weighted by atomic mass is 10.1. The van der Waals surface area contributed by atoms with Gasteiger partial charge < -0.3 is 5.32 Å². The Bertz CT molecular complexity index is 432. The van der Waals surface area contributed by atoms with Gasteiger partial charge in [0.1, 0.15) is 0 Å². The van der Waals surface area contributed by atoms with E-state index in [0.717, 1.165) is 18.1 Å². The van der Waals surface area contributed by atoms with Crippen molar-refractivity contribution in [1.82, 2.24) is 10.2 Å². The van der Waals surface area contributed by atoms with Crippen molar-refractivity contribution in [2.45, 2.75) is 18.9 Å². The van der Waals surface area contributed by atoms with E-state index >= 15 is 0 Å². The van der Waals surface area contributed by atoms with Gasteiger partial charge in [0.25, 0.3) is 0 Å². The first-order valence-electron chi connectivity index (χ1n) is 6.74. The average Bonchev–Trinajstić information content (AvgIpc) is 2.90. The van der Waals surface area contributed by atoms with E-state index < -0.39 is 0 Å². The van der Waals surface area contributed by atoms with Crippen LogP contribution in [-0.2, 0) is 0 Å². The van der Waals surface area contributed by atoms with Crippen LogP contribution in [0.1, 0.15) is 18.4 Å². The Labute approximate surface area is 114 Å². The van der Waals surface area contributed by atoms with Crippen LogP contribution >= 0.6 is 11.6 Å². The second kappa shape index (κ2) is 5.43. The third-order valence-corrected chi connectivity index (χ3v) is 4.19. The molecule has 1 aromatic rings. The number of hydrogen-bond acceptors (Lipinski definition) is 2. The minimum atomic E-state index is 0.637. The summed E-state index contributed by atoms with van der Waals surface area (Å²) in [6.45, 7) is 4.60. The molecule has 3 rings (SSSR count). The third-order valence-electron chi connectivity index (χ3n) is 3.94. The van der Waals surface area contributed by atoms with Crippen LogP contribution in [0.4, 0.5) is 0 Å². The zero-order valence-electron chi connectivity index (χ0n) is 10.5. The number of nitrogens with zero attached hydrogens (tertiary/aromatic N) is 1. The predicted octanol–water partition coefficient (Wildman–Crippen LogP) is 2.79. The van der Waals surface area contributed by atoms with Crippen molar-refractivity contribution < 1.29 is 0 Å². The molecule has 1 fully saturated rings. The van der Waals surface area contributed by atoms with Gasteiger partial charge in [0.15, 0.2) is 0 Å². The lowest BCUT2D eigenvalue weighted by molar-refractivity contribution is 0.200. The van der Waals surface area contributed by atoms with Gasteiger partial charge in [0.05, 0.1) is 0 Å². The second-order valence-corrected chi connectivity index (χ2v) is 5.53. The van der Waals surface area contributed by atoms with E-state index in [2.05, 4.69) is 28.4 Å². The molecule has 1 aliphatic carbocycles. The Hall–Kier alpha value is -0.830. The van der Waals surface area contributed by atoms with Crippen molar-refractivity contribution in [3.63, 3.8) is 0 Å². The maximum atomic E-state index is 5.93. The molecular formula is C15H19ClN2. The van der Waals surface area contributed by atoms with E-state index in [-0.39, 0.29) is 0 Å². The Balaban J connectivity index is 1.72. The zero-order valence-corrected chi connectivity index (χ0v) is 11.3. The van der Waals surface area contributed by atoms with Gasteiger partial charge in [-0.25, -0.2) is 0 Å². The predicted molar refractivity (Wildman–Crippen MR) is 76.9 cm³/mol. The molecule has 1 saturated heterocycles. The molecule has 0 spiro atoms. The lowest BCUT2D eigenvalue weighted by Gasteiger charge is -2.31. The second-order valence-electron chi connectivity index (χ2n) is 5.09. The molecule has 1 heterocycles. The summed E-state index contributed by atoms with van der Waals surface area (Å²) >= 11 is 5.93. The Morgan fingerprint density at radius 1 is 1.11 bits per heavy atom. The summed E-state index contributed by atoms with van der Waals surface area (Å²) in [5.41, 5.74) is 2.81. The van der Waals surface area contributed by atoms with Gasteiger partial charge >= 0.3 is 0 Å². The first-order valence-corrected chi connectivity index (χ1v) is 7.12. The van der Waals surface area contributed by atoms with E-state index in [4.69, 9.17) is 11.6 Å². The van der Waals surface area contributed by atoms with E-state index in [0.29, 0.717) is 6.04 Å². The number of rotatable bonds is 2. The first kappa shape index (κ1) is 12.2. The topological polar surface area (TPSA) is 15.3 Å². The Morgan fingerprint density at radius 3 is 2.56 bits per heavy atom. The number of nitrogens with one attached hydrogen (secondary N) is 1. The SMILES string of the molecule is Clc1ccc(C2=CC(N3CCNCC3)CC2)cc1. The highest BCUT2D eigenvalue weighted by Crippen LogP contribution is 2.31. The fraction of sp³-hybridized carbons (Fsp3) is 0.467. The van der Waals surface area contributed by atoms with Gasteiger partial charge in [-0.3, -0.25) is 4.90 Å². The fourth-order valence-corrected chi connectivity index (χ4v) is 3.03. The number of allylic oxidation sites excluding steroid dienone is 1. The van der Waals surface area contributed by atoms with Crippen LogP contribution in [0.5, 0.6) is 0 Å². The van der Waals surface area contributed by atoms with E-state index in [1.165, 1.54) is 37.1 Å². The zero-order chi connectivity index (χ0) is 12.4. The van der Waals surface area contributed by atoms with Crippen LogP contribution in [0.2, 0.25) is 5.02 Å². The van der Waals surface area contributed by atoms with Crippen molar-refractivity contribution >= 4 is 17.2 Å². The van der Waals surface area contributed by atoms with Gasteiger partial charge in [0.2, 0.25) is 0 Å². The molecule has 1 aliphatic heterocycles. The summed E-state index contributed by atoms with van der Waals surface area (Å²) in [6.07, 6.45) is 4.91. The largest absolute Gasteiger partial charge is 0.314 e. The smallest absolute Gasteiger partial charge is 0.0406 e.